The number of carbonyl (C=O) groups is 3. The Kier molecular flexibility index (Phi) is 5.68. The Morgan fingerprint density at radius 1 is 1.12 bits per heavy atom. The largest absolute Gasteiger partial charge is 0.366 e. The van der Waals surface area contributed by atoms with Gasteiger partial charge in [-0.25, -0.2) is 0 Å². The van der Waals surface area contributed by atoms with Crippen LogP contribution in [0.1, 0.15) is 31.8 Å². The second-order valence-corrected chi connectivity index (χ2v) is 5.42. The molecule has 0 aliphatic heterocycles. The van der Waals surface area contributed by atoms with Gasteiger partial charge in [-0.15, -0.1) is 0 Å². The summed E-state index contributed by atoms with van der Waals surface area (Å²) in [7, 11) is 0. The van der Waals surface area contributed by atoms with E-state index in [4.69, 9.17) is 5.73 Å². The first kappa shape index (κ1) is 17.9. The Labute approximate surface area is 145 Å². The van der Waals surface area contributed by atoms with Crippen LogP contribution in [0, 0.1) is 6.92 Å². The van der Waals surface area contributed by atoms with Gasteiger partial charge < -0.3 is 16.4 Å². The summed E-state index contributed by atoms with van der Waals surface area (Å²) in [4.78, 5) is 34.9. The normalized spacial score (nSPS) is 9.96. The van der Waals surface area contributed by atoms with E-state index in [1.54, 1.807) is 49.4 Å². The van der Waals surface area contributed by atoms with E-state index in [-0.39, 0.29) is 11.8 Å². The van der Waals surface area contributed by atoms with Crippen LogP contribution in [0.4, 0.5) is 5.69 Å². The smallest absolute Gasteiger partial charge is 0.255 e. The molecule has 2 aromatic rings. The van der Waals surface area contributed by atoms with Crippen molar-refractivity contribution in [3.63, 3.8) is 0 Å². The highest BCUT2D eigenvalue weighted by molar-refractivity contribution is 6.06. The third-order valence-electron chi connectivity index (χ3n) is 3.72. The number of rotatable bonds is 6. The van der Waals surface area contributed by atoms with Crippen molar-refractivity contribution in [3.8, 4) is 0 Å². The lowest BCUT2D eigenvalue weighted by Gasteiger charge is -2.11. The first-order valence-corrected chi connectivity index (χ1v) is 7.62. The van der Waals surface area contributed by atoms with Crippen LogP contribution < -0.4 is 16.4 Å². The maximum Gasteiger partial charge on any atom is 0.255 e. The Morgan fingerprint density at radius 3 is 2.40 bits per heavy atom. The minimum Gasteiger partial charge on any atom is -0.366 e. The molecular weight excluding hydrogens is 318 g/mol. The predicted octanol–water partition coefficient (Wildman–Crippen LogP) is 2.15. The number of nitrogens with two attached hydrogens (primary N) is 1. The minimum absolute atomic E-state index is 0.258. The standard InChI is InChI=1S/C19H19N3O3/c1-3-17(23)21-11-13-7-9-14(10-8-13)19(25)22-16-6-4-5-15(12(16)2)18(20)24/h3-10H,1,11H2,2H3,(H2,20,24)(H,21,23)(H,22,25). The Bertz CT molecular complexity index is 826. The second kappa shape index (κ2) is 7.92. The quantitative estimate of drug-likeness (QED) is 0.704. The molecule has 4 N–H and O–H groups in total. The van der Waals surface area contributed by atoms with Crippen LogP contribution in [-0.4, -0.2) is 17.7 Å². The highest BCUT2D eigenvalue weighted by atomic mass is 16.2. The number of hydrogen-bond acceptors (Lipinski definition) is 3. The van der Waals surface area contributed by atoms with E-state index in [1.165, 1.54) is 6.08 Å². The van der Waals surface area contributed by atoms with Crippen LogP contribution in [0.2, 0.25) is 0 Å². The molecule has 0 heterocycles. The van der Waals surface area contributed by atoms with Gasteiger partial charge in [0, 0.05) is 23.4 Å². The zero-order valence-corrected chi connectivity index (χ0v) is 13.8. The molecule has 25 heavy (non-hydrogen) atoms. The molecule has 6 heteroatoms. The molecule has 0 spiro atoms. The van der Waals surface area contributed by atoms with Crippen LogP contribution in [0.25, 0.3) is 0 Å². The SMILES string of the molecule is C=CC(=O)NCc1ccc(C(=O)Nc2cccc(C(N)=O)c2C)cc1. The summed E-state index contributed by atoms with van der Waals surface area (Å²) < 4.78 is 0. The van der Waals surface area contributed by atoms with Gasteiger partial charge in [-0.1, -0.05) is 24.8 Å². The van der Waals surface area contributed by atoms with Gasteiger partial charge in [0.15, 0.2) is 0 Å². The molecule has 0 radical (unpaired) electrons. The fourth-order valence-electron chi connectivity index (χ4n) is 2.27. The van der Waals surface area contributed by atoms with Crippen LogP contribution in [0.5, 0.6) is 0 Å². The summed E-state index contributed by atoms with van der Waals surface area (Å²) in [6, 6.07) is 11.8. The average molecular weight is 337 g/mol. The van der Waals surface area contributed by atoms with Crippen molar-refractivity contribution in [3.05, 3.63) is 77.4 Å². The van der Waals surface area contributed by atoms with Crippen molar-refractivity contribution < 1.29 is 14.4 Å². The molecule has 128 valence electrons. The lowest BCUT2D eigenvalue weighted by molar-refractivity contribution is -0.116. The number of carbonyl (C=O) groups excluding carboxylic acids is 3. The summed E-state index contributed by atoms with van der Waals surface area (Å²) in [6.45, 7) is 5.46. The molecule has 0 saturated heterocycles. The highest BCUT2D eigenvalue weighted by Gasteiger charge is 2.12. The van der Waals surface area contributed by atoms with Gasteiger partial charge in [0.25, 0.3) is 5.91 Å². The molecule has 2 rings (SSSR count). The monoisotopic (exact) mass is 337 g/mol. The molecule has 2 aromatic carbocycles. The second-order valence-electron chi connectivity index (χ2n) is 5.42. The maximum absolute atomic E-state index is 12.4. The van der Waals surface area contributed by atoms with Crippen molar-refractivity contribution in [1.82, 2.24) is 5.32 Å². The first-order valence-electron chi connectivity index (χ1n) is 7.62. The lowest BCUT2D eigenvalue weighted by atomic mass is 10.1. The topological polar surface area (TPSA) is 101 Å². The number of hydrogen-bond donors (Lipinski definition) is 3. The summed E-state index contributed by atoms with van der Waals surface area (Å²) in [5.74, 6) is -1.10. The molecule has 0 aliphatic carbocycles. The van der Waals surface area contributed by atoms with Gasteiger partial charge in [-0.05, 0) is 48.4 Å². The van der Waals surface area contributed by atoms with E-state index >= 15 is 0 Å². The third-order valence-corrected chi connectivity index (χ3v) is 3.72. The molecule has 0 aromatic heterocycles. The molecule has 6 nitrogen and oxygen atoms in total. The van der Waals surface area contributed by atoms with Crippen LogP contribution in [-0.2, 0) is 11.3 Å². The van der Waals surface area contributed by atoms with Crippen molar-refractivity contribution >= 4 is 23.4 Å². The van der Waals surface area contributed by atoms with Gasteiger partial charge >= 0.3 is 0 Å². The summed E-state index contributed by atoms with van der Waals surface area (Å²) in [5.41, 5.74) is 8.15. The summed E-state index contributed by atoms with van der Waals surface area (Å²) in [6.07, 6.45) is 1.20. The van der Waals surface area contributed by atoms with Gasteiger partial charge in [-0.3, -0.25) is 14.4 Å². The number of anilines is 1. The minimum atomic E-state index is -0.542. The molecule has 0 unspecified atom stereocenters. The lowest BCUT2D eigenvalue weighted by Crippen LogP contribution is -2.20. The van der Waals surface area contributed by atoms with E-state index < -0.39 is 5.91 Å². The zero-order valence-electron chi connectivity index (χ0n) is 13.8. The molecule has 0 saturated carbocycles. The molecular formula is C19H19N3O3. The molecule has 0 fully saturated rings. The van der Waals surface area contributed by atoms with Crippen molar-refractivity contribution in [2.45, 2.75) is 13.5 Å². The Hall–Kier alpha value is -3.41. The zero-order chi connectivity index (χ0) is 18.4. The van der Waals surface area contributed by atoms with E-state index in [0.717, 1.165) is 5.56 Å². The summed E-state index contributed by atoms with van der Waals surface area (Å²) >= 11 is 0. The maximum atomic E-state index is 12.4. The predicted molar refractivity (Wildman–Crippen MR) is 96.1 cm³/mol. The van der Waals surface area contributed by atoms with Crippen molar-refractivity contribution in [1.29, 1.82) is 0 Å². The number of primary amides is 1. The Morgan fingerprint density at radius 2 is 1.80 bits per heavy atom. The Balaban J connectivity index is 2.09. The van der Waals surface area contributed by atoms with E-state index in [0.29, 0.717) is 28.9 Å². The molecule has 0 aliphatic rings. The summed E-state index contributed by atoms with van der Waals surface area (Å²) in [5, 5.41) is 5.43. The fraction of sp³-hybridized carbons (Fsp3) is 0.105. The van der Waals surface area contributed by atoms with Gasteiger partial charge in [0.2, 0.25) is 11.8 Å². The number of nitrogens with one attached hydrogen (secondary N) is 2. The van der Waals surface area contributed by atoms with Crippen LogP contribution in [0.15, 0.2) is 55.1 Å². The third kappa shape index (κ3) is 4.54. The van der Waals surface area contributed by atoms with Crippen LogP contribution >= 0.6 is 0 Å². The van der Waals surface area contributed by atoms with Gasteiger partial charge in [0.05, 0.1) is 0 Å². The highest BCUT2D eigenvalue weighted by Crippen LogP contribution is 2.19. The van der Waals surface area contributed by atoms with Crippen LogP contribution in [0.3, 0.4) is 0 Å². The van der Waals surface area contributed by atoms with E-state index in [9.17, 15) is 14.4 Å². The molecule has 0 bridgehead atoms. The van der Waals surface area contributed by atoms with E-state index in [1.807, 2.05) is 0 Å². The first-order chi connectivity index (χ1) is 11.9. The average Bonchev–Trinajstić information content (AvgIpc) is 2.61. The number of benzene rings is 2. The molecule has 0 atom stereocenters. The van der Waals surface area contributed by atoms with Gasteiger partial charge in [-0.2, -0.15) is 0 Å². The molecule has 3 amide bonds. The fourth-order valence-corrected chi connectivity index (χ4v) is 2.27. The van der Waals surface area contributed by atoms with E-state index in [2.05, 4.69) is 17.2 Å². The van der Waals surface area contributed by atoms with Crippen molar-refractivity contribution in [2.24, 2.45) is 5.73 Å². The van der Waals surface area contributed by atoms with Crippen molar-refractivity contribution in [2.75, 3.05) is 5.32 Å². The number of amides is 3. The van der Waals surface area contributed by atoms with Gasteiger partial charge in [0.1, 0.15) is 0 Å².